The highest BCUT2D eigenvalue weighted by molar-refractivity contribution is 6.46. The van der Waals surface area contributed by atoms with Gasteiger partial charge in [0.05, 0.1) is 18.0 Å². The van der Waals surface area contributed by atoms with Crippen LogP contribution >= 0.6 is 0 Å². The predicted molar refractivity (Wildman–Crippen MR) is 98.9 cm³/mol. The molecule has 1 unspecified atom stereocenters. The maximum absolute atomic E-state index is 12.7. The van der Waals surface area contributed by atoms with E-state index in [0.717, 1.165) is 5.56 Å². The molecule has 0 saturated carbocycles. The van der Waals surface area contributed by atoms with Crippen LogP contribution in [0.4, 0.5) is 0 Å². The molecule has 6 nitrogen and oxygen atoms in total. The molecule has 1 saturated heterocycles. The van der Waals surface area contributed by atoms with Gasteiger partial charge in [-0.05, 0) is 12.5 Å². The van der Waals surface area contributed by atoms with Crippen molar-refractivity contribution >= 4 is 23.4 Å². The summed E-state index contributed by atoms with van der Waals surface area (Å²) in [6.45, 7) is 1.78. The molecule has 1 aliphatic heterocycles. The zero-order valence-electron chi connectivity index (χ0n) is 14.8. The summed E-state index contributed by atoms with van der Waals surface area (Å²) in [5.41, 5.74) is 2.03. The van der Waals surface area contributed by atoms with Crippen molar-refractivity contribution in [1.29, 1.82) is 0 Å². The number of aliphatic hydroxyl groups excluding tert-OH is 1. The molecular weight excluding hydrogens is 346 g/mol. The number of carboxylic acids is 1. The number of carbonyl (C=O) groups is 3. The van der Waals surface area contributed by atoms with Crippen LogP contribution in [0.5, 0.6) is 0 Å². The Bertz CT molecular complexity index is 915. The van der Waals surface area contributed by atoms with Crippen LogP contribution in [0.2, 0.25) is 0 Å². The van der Waals surface area contributed by atoms with Gasteiger partial charge in [0.25, 0.3) is 11.7 Å². The lowest BCUT2D eigenvalue weighted by atomic mass is 9.95. The number of hydrogen-bond acceptors (Lipinski definition) is 4. The highest BCUT2D eigenvalue weighted by atomic mass is 16.4. The first-order chi connectivity index (χ1) is 12.9. The third-order valence-corrected chi connectivity index (χ3v) is 4.55. The molecule has 0 spiro atoms. The van der Waals surface area contributed by atoms with Crippen LogP contribution < -0.4 is 0 Å². The van der Waals surface area contributed by atoms with E-state index in [-0.39, 0.29) is 24.3 Å². The Morgan fingerprint density at radius 3 is 2.22 bits per heavy atom. The van der Waals surface area contributed by atoms with E-state index in [1.165, 1.54) is 4.90 Å². The van der Waals surface area contributed by atoms with E-state index in [2.05, 4.69) is 0 Å². The Kier molecular flexibility index (Phi) is 5.07. The predicted octanol–water partition coefficient (Wildman–Crippen LogP) is 2.89. The molecule has 6 heteroatoms. The van der Waals surface area contributed by atoms with E-state index in [9.17, 15) is 19.5 Å². The van der Waals surface area contributed by atoms with Crippen molar-refractivity contribution in [3.63, 3.8) is 0 Å². The minimum Gasteiger partial charge on any atom is -0.507 e. The fourth-order valence-electron chi connectivity index (χ4n) is 3.18. The number of likely N-dealkylation sites (tertiary alicyclic amines) is 1. The fourth-order valence-corrected chi connectivity index (χ4v) is 3.18. The van der Waals surface area contributed by atoms with E-state index in [1.54, 1.807) is 54.6 Å². The van der Waals surface area contributed by atoms with Crippen LogP contribution in [-0.4, -0.2) is 39.3 Å². The smallest absolute Gasteiger partial charge is 0.305 e. The molecule has 2 aromatic rings. The summed E-state index contributed by atoms with van der Waals surface area (Å²) in [5.74, 6) is -2.95. The van der Waals surface area contributed by atoms with Gasteiger partial charge in [0.15, 0.2) is 0 Å². The van der Waals surface area contributed by atoms with E-state index in [4.69, 9.17) is 5.11 Å². The largest absolute Gasteiger partial charge is 0.507 e. The number of benzene rings is 2. The molecule has 1 atom stereocenters. The molecule has 2 aromatic carbocycles. The molecule has 0 bridgehead atoms. The SMILES string of the molecule is Cc1ccc(/C(O)=C2/C(=O)C(=O)N(CCC(=O)O)C2c2ccccc2)cc1. The Morgan fingerprint density at radius 2 is 1.63 bits per heavy atom. The first kappa shape index (κ1) is 18.4. The van der Waals surface area contributed by atoms with Gasteiger partial charge in [-0.25, -0.2) is 0 Å². The molecular formula is C21H19NO5. The molecule has 0 aliphatic carbocycles. The van der Waals surface area contributed by atoms with Crippen LogP contribution in [0.25, 0.3) is 5.76 Å². The second-order valence-corrected chi connectivity index (χ2v) is 6.41. The Hall–Kier alpha value is -3.41. The van der Waals surface area contributed by atoms with Crippen molar-refractivity contribution in [3.8, 4) is 0 Å². The van der Waals surface area contributed by atoms with Crippen molar-refractivity contribution in [2.45, 2.75) is 19.4 Å². The molecule has 3 rings (SSSR count). The summed E-state index contributed by atoms with van der Waals surface area (Å²) < 4.78 is 0. The zero-order chi connectivity index (χ0) is 19.6. The summed E-state index contributed by atoms with van der Waals surface area (Å²) in [7, 11) is 0. The lowest BCUT2D eigenvalue weighted by Crippen LogP contribution is -2.31. The second-order valence-electron chi connectivity index (χ2n) is 6.41. The highest BCUT2D eigenvalue weighted by Gasteiger charge is 2.45. The van der Waals surface area contributed by atoms with Gasteiger partial charge in [-0.15, -0.1) is 0 Å². The van der Waals surface area contributed by atoms with Crippen LogP contribution in [0.3, 0.4) is 0 Å². The van der Waals surface area contributed by atoms with Crippen molar-refractivity contribution in [1.82, 2.24) is 4.90 Å². The van der Waals surface area contributed by atoms with Crippen molar-refractivity contribution in [2.75, 3.05) is 6.54 Å². The number of amides is 1. The number of Topliss-reactive ketones (excluding diaryl/α,β-unsaturated/α-hetero) is 1. The van der Waals surface area contributed by atoms with Crippen molar-refractivity contribution < 1.29 is 24.6 Å². The second kappa shape index (κ2) is 7.45. The molecule has 1 fully saturated rings. The first-order valence-corrected chi connectivity index (χ1v) is 8.52. The topological polar surface area (TPSA) is 94.9 Å². The van der Waals surface area contributed by atoms with Crippen molar-refractivity contribution in [3.05, 3.63) is 76.9 Å². The van der Waals surface area contributed by atoms with Crippen molar-refractivity contribution in [2.24, 2.45) is 0 Å². The Balaban J connectivity index is 2.13. The zero-order valence-corrected chi connectivity index (χ0v) is 14.8. The third kappa shape index (κ3) is 3.60. The number of aliphatic carboxylic acids is 1. The fraction of sp³-hybridized carbons (Fsp3) is 0.190. The van der Waals surface area contributed by atoms with Crippen LogP contribution in [0, 0.1) is 6.92 Å². The van der Waals surface area contributed by atoms with Gasteiger partial charge >= 0.3 is 5.97 Å². The van der Waals surface area contributed by atoms with Gasteiger partial charge in [-0.3, -0.25) is 14.4 Å². The lowest BCUT2D eigenvalue weighted by Gasteiger charge is -2.24. The van der Waals surface area contributed by atoms with Crippen LogP contribution in [0.15, 0.2) is 60.2 Å². The van der Waals surface area contributed by atoms with E-state index in [0.29, 0.717) is 11.1 Å². The molecule has 1 heterocycles. The number of hydrogen-bond donors (Lipinski definition) is 2. The van der Waals surface area contributed by atoms with E-state index < -0.39 is 23.7 Å². The lowest BCUT2D eigenvalue weighted by molar-refractivity contribution is -0.142. The number of carboxylic acid groups (broad SMARTS) is 1. The number of carbonyl (C=O) groups excluding carboxylic acids is 2. The summed E-state index contributed by atoms with van der Waals surface area (Å²) in [6, 6.07) is 14.9. The summed E-state index contributed by atoms with van der Waals surface area (Å²) >= 11 is 0. The summed E-state index contributed by atoms with van der Waals surface area (Å²) in [4.78, 5) is 37.4. The normalized spacial score (nSPS) is 18.7. The number of rotatable bonds is 5. The van der Waals surface area contributed by atoms with Gasteiger partial charge in [-0.2, -0.15) is 0 Å². The first-order valence-electron chi connectivity index (χ1n) is 8.52. The van der Waals surface area contributed by atoms with Crippen LogP contribution in [0.1, 0.15) is 29.2 Å². The van der Waals surface area contributed by atoms with Gasteiger partial charge in [0.1, 0.15) is 5.76 Å². The maximum Gasteiger partial charge on any atom is 0.305 e. The maximum atomic E-state index is 12.7. The molecule has 1 amide bonds. The number of aliphatic hydroxyl groups is 1. The van der Waals surface area contributed by atoms with Gasteiger partial charge in [-0.1, -0.05) is 60.2 Å². The van der Waals surface area contributed by atoms with Gasteiger partial charge in [0.2, 0.25) is 0 Å². The summed E-state index contributed by atoms with van der Waals surface area (Å²) in [6.07, 6.45) is -0.291. The Morgan fingerprint density at radius 1 is 1.00 bits per heavy atom. The average molecular weight is 365 g/mol. The van der Waals surface area contributed by atoms with E-state index in [1.807, 2.05) is 6.92 Å². The highest BCUT2D eigenvalue weighted by Crippen LogP contribution is 2.39. The molecule has 27 heavy (non-hydrogen) atoms. The van der Waals surface area contributed by atoms with Gasteiger partial charge < -0.3 is 15.1 Å². The van der Waals surface area contributed by atoms with E-state index >= 15 is 0 Å². The minimum absolute atomic E-state index is 0.0274. The number of ketones is 1. The minimum atomic E-state index is -1.07. The molecule has 0 radical (unpaired) electrons. The third-order valence-electron chi connectivity index (χ3n) is 4.55. The average Bonchev–Trinajstić information content (AvgIpc) is 2.91. The number of aryl methyl sites for hydroxylation is 1. The summed E-state index contributed by atoms with van der Waals surface area (Å²) in [5, 5.41) is 19.8. The molecule has 138 valence electrons. The molecule has 0 aromatic heterocycles. The molecule has 2 N–H and O–H groups in total. The van der Waals surface area contributed by atoms with Gasteiger partial charge in [0, 0.05) is 12.1 Å². The Labute approximate surface area is 156 Å². The number of nitrogens with zero attached hydrogens (tertiary/aromatic N) is 1. The quantitative estimate of drug-likeness (QED) is 0.483. The van der Waals surface area contributed by atoms with Crippen LogP contribution in [-0.2, 0) is 14.4 Å². The monoisotopic (exact) mass is 365 g/mol. The standard InChI is InChI=1S/C21H19NO5/c1-13-7-9-15(10-8-13)19(25)17-18(14-5-3-2-4-6-14)22(12-11-16(23)24)21(27)20(17)26/h2-10,18,25H,11-12H2,1H3,(H,23,24)/b19-17-. The molecule has 1 aliphatic rings.